The predicted molar refractivity (Wildman–Crippen MR) is 114 cm³/mol. The van der Waals surface area contributed by atoms with E-state index in [4.69, 9.17) is 16.3 Å². The molecule has 0 bridgehead atoms. The van der Waals surface area contributed by atoms with Crippen molar-refractivity contribution in [2.24, 2.45) is 5.92 Å². The number of carbonyl (C=O) groups excluding carboxylic acids is 2. The zero-order chi connectivity index (χ0) is 21.0. The van der Waals surface area contributed by atoms with Gasteiger partial charge in [-0.15, -0.1) is 0 Å². The van der Waals surface area contributed by atoms with Crippen LogP contribution in [0, 0.1) is 5.92 Å². The molecule has 0 aliphatic heterocycles. The molecule has 0 saturated heterocycles. The minimum absolute atomic E-state index is 0.128. The fraction of sp³-hybridized carbons (Fsp3) is 0.500. The largest absolute Gasteiger partial charge is 0.444 e. The molecule has 1 fully saturated rings. The monoisotopic (exact) mass is 417 g/mol. The highest BCUT2D eigenvalue weighted by Crippen LogP contribution is 2.24. The summed E-state index contributed by atoms with van der Waals surface area (Å²) in [5, 5.41) is 7.49. The second-order valence-corrected chi connectivity index (χ2v) is 9.04. The quantitative estimate of drug-likeness (QED) is 0.755. The summed E-state index contributed by atoms with van der Waals surface area (Å²) in [6.07, 6.45) is 3.29. The fourth-order valence-corrected chi connectivity index (χ4v) is 3.72. The van der Waals surface area contributed by atoms with Crippen molar-refractivity contribution < 1.29 is 14.3 Å². The van der Waals surface area contributed by atoms with Crippen LogP contribution in [0.4, 0.5) is 4.79 Å². The van der Waals surface area contributed by atoms with Crippen molar-refractivity contribution in [3.8, 4) is 0 Å². The summed E-state index contributed by atoms with van der Waals surface area (Å²) in [5.41, 5.74) is 0.669. The molecular formula is C22H28ClN3O3. The number of aromatic nitrogens is 1. The van der Waals surface area contributed by atoms with Crippen LogP contribution in [0.3, 0.4) is 0 Å². The molecule has 29 heavy (non-hydrogen) atoms. The lowest BCUT2D eigenvalue weighted by Crippen LogP contribution is -2.40. The van der Waals surface area contributed by atoms with Gasteiger partial charge in [-0.3, -0.25) is 4.79 Å². The van der Waals surface area contributed by atoms with Crippen molar-refractivity contribution in [1.82, 2.24) is 15.6 Å². The van der Waals surface area contributed by atoms with Gasteiger partial charge >= 0.3 is 6.09 Å². The summed E-state index contributed by atoms with van der Waals surface area (Å²) < 4.78 is 5.27. The molecule has 6 nitrogen and oxygen atoms in total. The van der Waals surface area contributed by atoms with Crippen molar-refractivity contribution in [2.45, 2.75) is 58.1 Å². The second-order valence-electron chi connectivity index (χ2n) is 8.61. The van der Waals surface area contributed by atoms with E-state index in [-0.39, 0.29) is 18.0 Å². The molecule has 2 N–H and O–H groups in total. The average Bonchev–Trinajstić information content (AvgIpc) is 2.65. The van der Waals surface area contributed by atoms with Gasteiger partial charge in [-0.2, -0.15) is 0 Å². The highest BCUT2D eigenvalue weighted by Gasteiger charge is 2.24. The van der Waals surface area contributed by atoms with Crippen molar-refractivity contribution in [3.63, 3.8) is 0 Å². The lowest BCUT2D eigenvalue weighted by Gasteiger charge is -2.29. The van der Waals surface area contributed by atoms with Crippen molar-refractivity contribution in [2.75, 3.05) is 6.54 Å². The zero-order valence-electron chi connectivity index (χ0n) is 17.1. The molecule has 7 heteroatoms. The molecule has 1 aromatic carbocycles. The number of halogens is 1. The van der Waals surface area contributed by atoms with Crippen LogP contribution in [0.5, 0.6) is 0 Å². The fourth-order valence-electron chi connectivity index (χ4n) is 3.53. The molecule has 3 rings (SSSR count). The first-order valence-electron chi connectivity index (χ1n) is 10.0. The van der Waals surface area contributed by atoms with Crippen LogP contribution in [0.1, 0.15) is 56.9 Å². The molecule has 1 heterocycles. The topological polar surface area (TPSA) is 80.3 Å². The smallest absolute Gasteiger partial charge is 0.407 e. The number of rotatable bonds is 4. The second kappa shape index (κ2) is 8.99. The van der Waals surface area contributed by atoms with E-state index in [0.717, 1.165) is 36.6 Å². The number of hydrogen-bond donors (Lipinski definition) is 2. The van der Waals surface area contributed by atoms with Crippen LogP contribution in [0.2, 0.25) is 5.02 Å². The first kappa shape index (κ1) is 21.4. The number of amides is 2. The third-order valence-corrected chi connectivity index (χ3v) is 5.23. The van der Waals surface area contributed by atoms with Crippen molar-refractivity contribution in [1.29, 1.82) is 0 Å². The summed E-state index contributed by atoms with van der Waals surface area (Å²) in [4.78, 5) is 28.8. The summed E-state index contributed by atoms with van der Waals surface area (Å²) >= 11 is 5.99. The normalized spacial score (nSPS) is 19.6. The van der Waals surface area contributed by atoms with Crippen LogP contribution in [0.15, 0.2) is 30.3 Å². The molecule has 0 atom stereocenters. The minimum atomic E-state index is -0.491. The van der Waals surface area contributed by atoms with Crippen LogP contribution in [0.25, 0.3) is 10.9 Å². The van der Waals surface area contributed by atoms with E-state index in [2.05, 4.69) is 15.6 Å². The first-order valence-corrected chi connectivity index (χ1v) is 10.4. The Kier molecular flexibility index (Phi) is 6.63. The third-order valence-electron chi connectivity index (χ3n) is 5.00. The molecule has 0 spiro atoms. The molecule has 1 aliphatic carbocycles. The Morgan fingerprint density at radius 2 is 1.86 bits per heavy atom. The Morgan fingerprint density at radius 3 is 2.55 bits per heavy atom. The van der Waals surface area contributed by atoms with Gasteiger partial charge < -0.3 is 15.4 Å². The number of fused-ring (bicyclic) bond motifs is 1. The Hall–Kier alpha value is -2.34. The Morgan fingerprint density at radius 1 is 1.14 bits per heavy atom. The molecular weight excluding hydrogens is 390 g/mol. The van der Waals surface area contributed by atoms with Gasteiger partial charge in [0.25, 0.3) is 5.91 Å². The number of hydrogen-bond acceptors (Lipinski definition) is 4. The molecule has 0 unspecified atom stereocenters. The molecule has 1 aromatic heterocycles. The number of carbonyl (C=O) groups is 2. The van der Waals surface area contributed by atoms with Crippen LogP contribution in [-0.4, -0.2) is 35.2 Å². The Labute approximate surface area is 176 Å². The van der Waals surface area contributed by atoms with E-state index in [1.54, 1.807) is 12.1 Å². The van der Waals surface area contributed by atoms with E-state index in [9.17, 15) is 9.59 Å². The van der Waals surface area contributed by atoms with Gasteiger partial charge in [0, 0.05) is 23.0 Å². The maximum absolute atomic E-state index is 12.6. The number of alkyl carbamates (subject to hydrolysis) is 1. The van der Waals surface area contributed by atoms with E-state index >= 15 is 0 Å². The number of ether oxygens (including phenoxy) is 1. The number of benzene rings is 1. The van der Waals surface area contributed by atoms with E-state index < -0.39 is 5.60 Å². The van der Waals surface area contributed by atoms with Gasteiger partial charge in [0.15, 0.2) is 0 Å². The van der Waals surface area contributed by atoms with E-state index in [0.29, 0.717) is 23.2 Å². The number of nitrogens with zero attached hydrogens (tertiary/aromatic N) is 1. The highest BCUT2D eigenvalue weighted by molar-refractivity contribution is 6.31. The lowest BCUT2D eigenvalue weighted by molar-refractivity contribution is 0.0514. The van der Waals surface area contributed by atoms with Gasteiger partial charge in [-0.05, 0) is 76.6 Å². The van der Waals surface area contributed by atoms with Gasteiger partial charge in [-0.1, -0.05) is 17.7 Å². The molecule has 156 valence electrons. The van der Waals surface area contributed by atoms with Gasteiger partial charge in [0.05, 0.1) is 5.52 Å². The maximum Gasteiger partial charge on any atom is 0.407 e. The highest BCUT2D eigenvalue weighted by atomic mass is 35.5. The molecule has 2 amide bonds. The standard InChI is InChI=1S/C22H28ClN3O3/c1-22(2,3)29-21(28)24-13-14-4-8-17(9-5-14)25-20(27)19-10-6-15-12-16(23)7-11-18(15)26-19/h6-7,10-12,14,17H,4-5,8-9,13H2,1-3H3,(H,24,28)(H,25,27). The van der Waals surface area contributed by atoms with Crippen molar-refractivity contribution >= 4 is 34.5 Å². The molecule has 0 radical (unpaired) electrons. The van der Waals surface area contributed by atoms with Gasteiger partial charge in [-0.25, -0.2) is 9.78 Å². The third kappa shape index (κ3) is 6.32. The molecule has 1 saturated carbocycles. The van der Waals surface area contributed by atoms with E-state index in [1.165, 1.54) is 0 Å². The summed E-state index contributed by atoms with van der Waals surface area (Å²) in [6, 6.07) is 9.14. The summed E-state index contributed by atoms with van der Waals surface area (Å²) in [6.45, 7) is 6.14. The number of nitrogens with one attached hydrogen (secondary N) is 2. The molecule has 1 aliphatic rings. The summed E-state index contributed by atoms with van der Waals surface area (Å²) in [5.74, 6) is 0.247. The van der Waals surface area contributed by atoms with Gasteiger partial charge in [0.1, 0.15) is 11.3 Å². The summed E-state index contributed by atoms with van der Waals surface area (Å²) in [7, 11) is 0. The van der Waals surface area contributed by atoms with E-state index in [1.807, 2.05) is 39.0 Å². The SMILES string of the molecule is CC(C)(C)OC(=O)NCC1CCC(NC(=O)c2ccc3cc(Cl)ccc3n2)CC1. The zero-order valence-corrected chi connectivity index (χ0v) is 17.9. The first-order chi connectivity index (χ1) is 13.7. The maximum atomic E-state index is 12.6. The Balaban J connectivity index is 1.46. The van der Waals surface area contributed by atoms with Gasteiger partial charge in [0.2, 0.25) is 0 Å². The van der Waals surface area contributed by atoms with Crippen molar-refractivity contribution in [3.05, 3.63) is 41.0 Å². The lowest BCUT2D eigenvalue weighted by atomic mass is 9.86. The number of pyridine rings is 1. The van der Waals surface area contributed by atoms with Crippen LogP contribution < -0.4 is 10.6 Å². The minimum Gasteiger partial charge on any atom is -0.444 e. The van der Waals surface area contributed by atoms with Crippen LogP contribution in [-0.2, 0) is 4.74 Å². The Bertz CT molecular complexity index is 886. The van der Waals surface area contributed by atoms with Crippen LogP contribution >= 0.6 is 11.6 Å². The predicted octanol–water partition coefficient (Wildman–Crippen LogP) is 4.70. The molecule has 2 aromatic rings. The average molecular weight is 418 g/mol.